The molecule has 1 aromatic rings. The molecule has 2 heterocycles. The van der Waals surface area contributed by atoms with Crippen LogP contribution in [0.3, 0.4) is 0 Å². The zero-order valence-electron chi connectivity index (χ0n) is 15.0. The van der Waals surface area contributed by atoms with Gasteiger partial charge in [0.15, 0.2) is 0 Å². The monoisotopic (exact) mass is 370 g/mol. The number of aromatic nitrogens is 2. The molecule has 0 bridgehead atoms. The lowest BCUT2D eigenvalue weighted by molar-refractivity contribution is -0.121. The van der Waals surface area contributed by atoms with E-state index in [0.717, 1.165) is 24.1 Å². The largest absolute Gasteiger partial charge is 0.356 e. The number of sulfonamides is 1. The van der Waals surface area contributed by atoms with Gasteiger partial charge in [-0.1, -0.05) is 0 Å². The molecule has 0 saturated carbocycles. The molecule has 1 atom stereocenters. The zero-order chi connectivity index (χ0) is 18.6. The summed E-state index contributed by atoms with van der Waals surface area (Å²) in [6, 6.07) is 0. The van der Waals surface area contributed by atoms with E-state index in [9.17, 15) is 18.0 Å². The first-order chi connectivity index (χ1) is 11.7. The van der Waals surface area contributed by atoms with E-state index in [4.69, 9.17) is 0 Å². The first-order valence-electron chi connectivity index (χ1n) is 8.45. The number of carbonyl (C=O) groups is 1. The highest BCUT2D eigenvalue weighted by molar-refractivity contribution is 7.88. The normalized spacial score (nSPS) is 18.9. The molecule has 140 valence electrons. The van der Waals surface area contributed by atoms with Crippen molar-refractivity contribution >= 4 is 15.9 Å². The van der Waals surface area contributed by atoms with E-state index < -0.39 is 10.0 Å². The van der Waals surface area contributed by atoms with Crippen LogP contribution >= 0.6 is 0 Å². The summed E-state index contributed by atoms with van der Waals surface area (Å²) in [7, 11) is -3.17. The third-order valence-corrected chi connectivity index (χ3v) is 5.86. The summed E-state index contributed by atoms with van der Waals surface area (Å²) in [5.74, 6) is 0.0622. The first kappa shape index (κ1) is 19.6. The number of nitrogens with zero attached hydrogens (tertiary/aromatic N) is 2. The highest BCUT2D eigenvalue weighted by Gasteiger charge is 2.25. The van der Waals surface area contributed by atoms with Crippen LogP contribution in [0, 0.1) is 19.8 Å². The lowest BCUT2D eigenvalue weighted by atomic mass is 9.99. The third kappa shape index (κ3) is 5.64. The standard InChI is InChI=1S/C16H26N4O4S/c1-11-14(12(2)19-16(22)18-11)6-7-15(21)17-9-13-5-4-8-20(10-13)25(3,23)24/h13H,4-10H2,1-3H3,(H,17,21)(H,18,19,22). The predicted octanol–water partition coefficient (Wildman–Crippen LogP) is 0.107. The van der Waals surface area contributed by atoms with Gasteiger partial charge >= 0.3 is 5.69 Å². The molecular weight excluding hydrogens is 344 g/mol. The molecule has 1 amide bonds. The van der Waals surface area contributed by atoms with Crippen molar-refractivity contribution in [3.8, 4) is 0 Å². The van der Waals surface area contributed by atoms with Gasteiger partial charge in [-0.15, -0.1) is 0 Å². The van der Waals surface area contributed by atoms with Gasteiger partial charge in [-0.25, -0.2) is 17.5 Å². The van der Waals surface area contributed by atoms with E-state index in [1.807, 2.05) is 0 Å². The first-order valence-corrected chi connectivity index (χ1v) is 10.3. The van der Waals surface area contributed by atoms with Crippen LogP contribution in [0.2, 0.25) is 0 Å². The van der Waals surface area contributed by atoms with Crippen LogP contribution in [-0.4, -0.2) is 54.5 Å². The summed E-state index contributed by atoms with van der Waals surface area (Å²) in [6.45, 7) is 5.05. The Morgan fingerprint density at radius 2 is 2.12 bits per heavy atom. The van der Waals surface area contributed by atoms with Gasteiger partial charge in [-0.2, -0.15) is 4.98 Å². The van der Waals surface area contributed by atoms with Gasteiger partial charge in [0.25, 0.3) is 0 Å². The Morgan fingerprint density at radius 1 is 1.40 bits per heavy atom. The fourth-order valence-corrected chi connectivity index (χ4v) is 4.15. The maximum Gasteiger partial charge on any atom is 0.345 e. The number of aromatic amines is 1. The number of rotatable bonds is 6. The van der Waals surface area contributed by atoms with Crippen molar-refractivity contribution in [1.29, 1.82) is 0 Å². The fraction of sp³-hybridized carbons (Fsp3) is 0.688. The number of piperidine rings is 1. The SMILES string of the molecule is Cc1nc(=O)[nH]c(C)c1CCC(=O)NCC1CCCN(S(C)(=O)=O)C1. The Balaban J connectivity index is 1.82. The second-order valence-corrected chi connectivity index (χ2v) is 8.65. The summed E-state index contributed by atoms with van der Waals surface area (Å²) in [4.78, 5) is 29.9. The lowest BCUT2D eigenvalue weighted by Crippen LogP contribution is -2.43. The highest BCUT2D eigenvalue weighted by Crippen LogP contribution is 2.18. The van der Waals surface area contributed by atoms with Gasteiger partial charge in [0.05, 0.1) is 6.26 Å². The Kier molecular flexibility index (Phi) is 6.34. The van der Waals surface area contributed by atoms with E-state index in [-0.39, 0.29) is 17.5 Å². The van der Waals surface area contributed by atoms with Gasteiger partial charge in [-0.05, 0) is 44.6 Å². The second kappa shape index (κ2) is 8.09. The highest BCUT2D eigenvalue weighted by atomic mass is 32.2. The van der Waals surface area contributed by atoms with Crippen molar-refractivity contribution in [2.75, 3.05) is 25.9 Å². The number of H-pyrrole nitrogens is 1. The molecule has 1 fully saturated rings. The number of hydrogen-bond donors (Lipinski definition) is 2. The molecule has 2 rings (SSSR count). The van der Waals surface area contributed by atoms with Crippen molar-refractivity contribution in [2.45, 2.75) is 39.5 Å². The summed E-state index contributed by atoms with van der Waals surface area (Å²) < 4.78 is 24.7. The maximum atomic E-state index is 12.1. The smallest absolute Gasteiger partial charge is 0.345 e. The molecule has 1 aromatic heterocycles. The quantitative estimate of drug-likeness (QED) is 0.738. The van der Waals surface area contributed by atoms with Crippen LogP contribution in [0.4, 0.5) is 0 Å². The number of hydrogen-bond acceptors (Lipinski definition) is 5. The van der Waals surface area contributed by atoms with Gasteiger partial charge in [0.2, 0.25) is 15.9 Å². The summed E-state index contributed by atoms with van der Waals surface area (Å²) >= 11 is 0. The zero-order valence-corrected chi connectivity index (χ0v) is 15.8. The van der Waals surface area contributed by atoms with E-state index in [2.05, 4.69) is 15.3 Å². The molecule has 0 aliphatic carbocycles. The van der Waals surface area contributed by atoms with E-state index in [1.165, 1.54) is 10.6 Å². The van der Waals surface area contributed by atoms with Crippen molar-refractivity contribution in [1.82, 2.24) is 19.6 Å². The minimum Gasteiger partial charge on any atom is -0.356 e. The van der Waals surface area contributed by atoms with Crippen molar-refractivity contribution in [3.05, 3.63) is 27.4 Å². The number of amides is 1. The molecule has 0 radical (unpaired) electrons. The van der Waals surface area contributed by atoms with Gasteiger partial charge in [-0.3, -0.25) is 4.79 Å². The predicted molar refractivity (Wildman–Crippen MR) is 94.8 cm³/mol. The Bertz CT molecular complexity index is 762. The summed E-state index contributed by atoms with van der Waals surface area (Å²) in [6.07, 6.45) is 3.76. The topological polar surface area (TPSA) is 112 Å². The maximum absolute atomic E-state index is 12.1. The van der Waals surface area contributed by atoms with Crippen molar-refractivity contribution in [3.63, 3.8) is 0 Å². The van der Waals surface area contributed by atoms with Crippen LogP contribution in [0.25, 0.3) is 0 Å². The molecule has 8 nitrogen and oxygen atoms in total. The number of carbonyl (C=O) groups excluding carboxylic acids is 1. The van der Waals surface area contributed by atoms with E-state index in [0.29, 0.717) is 38.2 Å². The Labute approximate surface area is 148 Å². The average molecular weight is 370 g/mol. The molecule has 25 heavy (non-hydrogen) atoms. The van der Waals surface area contributed by atoms with Gasteiger partial charge < -0.3 is 10.3 Å². The summed E-state index contributed by atoms with van der Waals surface area (Å²) in [5, 5.41) is 2.89. The van der Waals surface area contributed by atoms with Crippen LogP contribution < -0.4 is 11.0 Å². The molecule has 1 aliphatic rings. The Morgan fingerprint density at radius 3 is 2.76 bits per heavy atom. The minimum absolute atomic E-state index is 0.0820. The average Bonchev–Trinajstić information content (AvgIpc) is 2.51. The Hall–Kier alpha value is -1.74. The minimum atomic E-state index is -3.17. The van der Waals surface area contributed by atoms with Crippen LogP contribution in [0.1, 0.15) is 36.2 Å². The number of aryl methyl sites for hydroxylation is 2. The molecule has 1 aliphatic heterocycles. The molecule has 0 spiro atoms. The van der Waals surface area contributed by atoms with Crippen molar-refractivity contribution < 1.29 is 13.2 Å². The molecule has 2 N–H and O–H groups in total. The molecule has 9 heteroatoms. The molecule has 1 unspecified atom stereocenters. The number of nitrogens with one attached hydrogen (secondary N) is 2. The van der Waals surface area contributed by atoms with Gasteiger partial charge in [0.1, 0.15) is 0 Å². The van der Waals surface area contributed by atoms with Crippen molar-refractivity contribution in [2.24, 2.45) is 5.92 Å². The van der Waals surface area contributed by atoms with Crippen LogP contribution in [0.5, 0.6) is 0 Å². The van der Waals surface area contributed by atoms with Crippen LogP contribution in [-0.2, 0) is 21.2 Å². The van der Waals surface area contributed by atoms with E-state index in [1.54, 1.807) is 13.8 Å². The van der Waals surface area contributed by atoms with Gasteiger partial charge in [0, 0.05) is 37.4 Å². The molecule has 0 aromatic carbocycles. The fourth-order valence-electron chi connectivity index (χ4n) is 3.20. The van der Waals surface area contributed by atoms with E-state index >= 15 is 0 Å². The second-order valence-electron chi connectivity index (χ2n) is 6.66. The molecule has 1 saturated heterocycles. The molecular formula is C16H26N4O4S. The summed E-state index contributed by atoms with van der Waals surface area (Å²) in [5.41, 5.74) is 1.89. The third-order valence-electron chi connectivity index (χ3n) is 4.59. The lowest BCUT2D eigenvalue weighted by Gasteiger charge is -2.31. The van der Waals surface area contributed by atoms with Crippen LogP contribution in [0.15, 0.2) is 4.79 Å².